The maximum absolute atomic E-state index is 5.12. The van der Waals surface area contributed by atoms with Gasteiger partial charge in [0.1, 0.15) is 8.07 Å². The van der Waals surface area contributed by atoms with Crippen LogP contribution in [0.15, 0.2) is 0 Å². The molecule has 0 radical (unpaired) electrons. The molecule has 0 aliphatic heterocycles. The first-order chi connectivity index (χ1) is 6.47. The Kier molecular flexibility index (Phi) is 11.8. The first kappa shape index (κ1) is 15.8. The summed E-state index contributed by atoms with van der Waals surface area (Å²) in [5.74, 6) is 5.91. The Bertz CT molecular complexity index is 204. The number of unbranched alkanes of at least 4 members (excludes halogenated alkanes) is 3. The number of rotatable bonds is 3. The van der Waals surface area contributed by atoms with E-state index in [4.69, 9.17) is 6.42 Å². The van der Waals surface area contributed by atoms with Crippen molar-refractivity contribution >= 4 is 8.07 Å². The van der Waals surface area contributed by atoms with Crippen molar-refractivity contribution in [1.82, 2.24) is 0 Å². The molecule has 0 nitrogen and oxygen atoms in total. The highest BCUT2D eigenvalue weighted by molar-refractivity contribution is 6.83. The zero-order chi connectivity index (χ0) is 11.4. The highest BCUT2D eigenvalue weighted by Crippen LogP contribution is 1.96. The molecule has 1 heteroatoms. The lowest BCUT2D eigenvalue weighted by Gasteiger charge is -2.00. The molecule has 0 aliphatic rings. The predicted molar refractivity (Wildman–Crippen MR) is 69.8 cm³/mol. The summed E-state index contributed by atoms with van der Waals surface area (Å²) in [5, 5.41) is 0. The SMILES string of the molecule is C#C[Si](C)(C)C.CC#CCCCCC. The summed E-state index contributed by atoms with van der Waals surface area (Å²) in [5.41, 5.74) is 2.74. The van der Waals surface area contributed by atoms with Crippen LogP contribution in [0, 0.1) is 23.8 Å². The third-order valence-electron chi connectivity index (χ3n) is 1.52. The van der Waals surface area contributed by atoms with Crippen LogP contribution in [0.5, 0.6) is 0 Å². The molecule has 0 aromatic carbocycles. The fourth-order valence-electron chi connectivity index (χ4n) is 0.588. The van der Waals surface area contributed by atoms with Gasteiger partial charge in [0.05, 0.1) is 0 Å². The molecule has 0 aromatic rings. The molecule has 0 rings (SSSR count). The van der Waals surface area contributed by atoms with Crippen molar-refractivity contribution in [3.05, 3.63) is 0 Å². The quantitative estimate of drug-likeness (QED) is 0.372. The molecule has 0 bridgehead atoms. The normalized spacial score (nSPS) is 8.86. The van der Waals surface area contributed by atoms with Crippen molar-refractivity contribution in [1.29, 1.82) is 0 Å². The van der Waals surface area contributed by atoms with Gasteiger partial charge in [0.25, 0.3) is 0 Å². The van der Waals surface area contributed by atoms with Crippen LogP contribution in [0.2, 0.25) is 19.6 Å². The van der Waals surface area contributed by atoms with E-state index in [1.165, 1.54) is 19.3 Å². The van der Waals surface area contributed by atoms with Crippen molar-refractivity contribution in [2.45, 2.75) is 59.2 Å². The van der Waals surface area contributed by atoms with Gasteiger partial charge >= 0.3 is 0 Å². The summed E-state index contributed by atoms with van der Waals surface area (Å²) in [6, 6.07) is 0. The smallest absolute Gasteiger partial charge is 0.128 e. The molecule has 0 unspecified atom stereocenters. The van der Waals surface area contributed by atoms with E-state index in [-0.39, 0.29) is 0 Å². The molecule has 0 N–H and O–H groups in total. The lowest BCUT2D eigenvalue weighted by atomic mass is 10.2. The van der Waals surface area contributed by atoms with E-state index in [9.17, 15) is 0 Å². The summed E-state index contributed by atoms with van der Waals surface area (Å²) in [6.45, 7) is 10.5. The van der Waals surface area contributed by atoms with Gasteiger partial charge in [0.15, 0.2) is 0 Å². The van der Waals surface area contributed by atoms with Crippen LogP contribution in [0.25, 0.3) is 0 Å². The van der Waals surface area contributed by atoms with E-state index in [1.54, 1.807) is 0 Å². The molecule has 0 aliphatic carbocycles. The molecule has 0 saturated heterocycles. The minimum Gasteiger partial charge on any atom is -0.135 e. The van der Waals surface area contributed by atoms with Crippen LogP contribution < -0.4 is 0 Å². The van der Waals surface area contributed by atoms with Crippen molar-refractivity contribution < 1.29 is 0 Å². The standard InChI is InChI=1S/C8H14.C5H10Si/c1-3-5-7-8-6-4-2;1-5-6(2,3)4/h3,5,7-8H2,1-2H3;1H,2-4H3. The van der Waals surface area contributed by atoms with Crippen LogP contribution >= 0.6 is 0 Å². The molecular weight excluding hydrogens is 184 g/mol. The summed E-state index contributed by atoms with van der Waals surface area (Å²) >= 11 is 0. The highest BCUT2D eigenvalue weighted by Gasteiger charge is 2.05. The Morgan fingerprint density at radius 3 is 1.93 bits per heavy atom. The summed E-state index contributed by atoms with van der Waals surface area (Å²) in [7, 11) is -1.10. The lowest BCUT2D eigenvalue weighted by Crippen LogP contribution is -2.15. The minimum atomic E-state index is -1.10. The zero-order valence-electron chi connectivity index (χ0n) is 10.4. The van der Waals surface area contributed by atoms with E-state index in [2.05, 4.69) is 43.9 Å². The third-order valence-corrected chi connectivity index (χ3v) is 2.38. The third kappa shape index (κ3) is 22.5. The van der Waals surface area contributed by atoms with Gasteiger partial charge in [0, 0.05) is 6.42 Å². The van der Waals surface area contributed by atoms with Crippen LogP contribution in [-0.4, -0.2) is 8.07 Å². The molecule has 0 atom stereocenters. The molecule has 0 fully saturated rings. The first-order valence-electron chi connectivity index (χ1n) is 5.35. The molecule has 80 valence electrons. The predicted octanol–water partition coefficient (Wildman–Crippen LogP) is 4.09. The van der Waals surface area contributed by atoms with Crippen molar-refractivity contribution in [3.63, 3.8) is 0 Å². The average Bonchev–Trinajstić information content (AvgIpc) is 2.13. The Balaban J connectivity index is 0. The Hall–Kier alpha value is -0.663. The molecule has 0 heterocycles. The second-order valence-electron chi connectivity index (χ2n) is 4.28. The zero-order valence-corrected chi connectivity index (χ0v) is 11.4. The van der Waals surface area contributed by atoms with E-state index >= 15 is 0 Å². The summed E-state index contributed by atoms with van der Waals surface area (Å²) in [4.78, 5) is 0. The summed E-state index contributed by atoms with van der Waals surface area (Å²) < 4.78 is 0. The Morgan fingerprint density at radius 2 is 1.64 bits per heavy atom. The molecule has 0 spiro atoms. The van der Waals surface area contributed by atoms with E-state index in [1.807, 2.05) is 6.92 Å². The topological polar surface area (TPSA) is 0 Å². The lowest BCUT2D eigenvalue weighted by molar-refractivity contribution is 0.737. The second-order valence-corrected chi connectivity index (χ2v) is 9.07. The van der Waals surface area contributed by atoms with Crippen molar-refractivity contribution in [3.8, 4) is 23.8 Å². The maximum atomic E-state index is 5.12. The van der Waals surface area contributed by atoms with Gasteiger partial charge in [-0.05, 0) is 13.3 Å². The Labute approximate surface area is 91.5 Å². The average molecular weight is 208 g/mol. The fraction of sp³-hybridized carbons (Fsp3) is 0.692. The monoisotopic (exact) mass is 208 g/mol. The van der Waals surface area contributed by atoms with Crippen LogP contribution in [0.3, 0.4) is 0 Å². The number of hydrogen-bond acceptors (Lipinski definition) is 0. The Morgan fingerprint density at radius 1 is 1.14 bits per heavy atom. The fourth-order valence-corrected chi connectivity index (χ4v) is 0.588. The number of hydrogen-bond donors (Lipinski definition) is 0. The van der Waals surface area contributed by atoms with Crippen LogP contribution in [0.1, 0.15) is 39.5 Å². The van der Waals surface area contributed by atoms with Gasteiger partial charge in [-0.15, -0.1) is 23.8 Å². The second kappa shape index (κ2) is 10.4. The molecule has 0 saturated carbocycles. The van der Waals surface area contributed by atoms with Gasteiger partial charge < -0.3 is 0 Å². The molecule has 0 aromatic heterocycles. The largest absolute Gasteiger partial charge is 0.135 e. The molecule has 0 amide bonds. The number of terminal acetylenes is 1. The van der Waals surface area contributed by atoms with E-state index in [0.717, 1.165) is 6.42 Å². The molecular formula is C13H24Si. The minimum absolute atomic E-state index is 1.09. The van der Waals surface area contributed by atoms with Crippen LogP contribution in [0.4, 0.5) is 0 Å². The van der Waals surface area contributed by atoms with Gasteiger partial charge in [-0.1, -0.05) is 39.4 Å². The maximum Gasteiger partial charge on any atom is 0.128 e. The van der Waals surface area contributed by atoms with Crippen LogP contribution in [-0.2, 0) is 0 Å². The van der Waals surface area contributed by atoms with Crippen molar-refractivity contribution in [2.24, 2.45) is 0 Å². The van der Waals surface area contributed by atoms with E-state index in [0.29, 0.717) is 0 Å². The molecule has 14 heavy (non-hydrogen) atoms. The van der Waals surface area contributed by atoms with Gasteiger partial charge in [-0.3, -0.25) is 0 Å². The van der Waals surface area contributed by atoms with Gasteiger partial charge in [-0.2, -0.15) is 0 Å². The summed E-state index contributed by atoms with van der Waals surface area (Å²) in [6.07, 6.45) is 10.1. The van der Waals surface area contributed by atoms with Gasteiger partial charge in [-0.25, -0.2) is 0 Å². The van der Waals surface area contributed by atoms with E-state index < -0.39 is 8.07 Å². The van der Waals surface area contributed by atoms with Crippen molar-refractivity contribution in [2.75, 3.05) is 0 Å². The highest BCUT2D eigenvalue weighted by atomic mass is 28.3. The first-order valence-corrected chi connectivity index (χ1v) is 8.85. The van der Waals surface area contributed by atoms with Gasteiger partial charge in [0.2, 0.25) is 0 Å².